The van der Waals surface area contributed by atoms with Gasteiger partial charge in [-0.05, 0) is 41.6 Å². The highest BCUT2D eigenvalue weighted by Crippen LogP contribution is 2.32. The molecule has 0 spiro atoms. The molecule has 0 saturated heterocycles. The van der Waals surface area contributed by atoms with E-state index < -0.39 is 0 Å². The van der Waals surface area contributed by atoms with Gasteiger partial charge in [0.15, 0.2) is 5.13 Å². The van der Waals surface area contributed by atoms with Crippen LogP contribution in [0, 0.1) is 0 Å². The molecule has 0 atom stereocenters. The number of benzene rings is 2. The topological polar surface area (TPSA) is 46.1 Å². The molecule has 2 aromatic heterocycles. The van der Waals surface area contributed by atoms with Crippen LogP contribution >= 0.6 is 23.1 Å². The van der Waals surface area contributed by atoms with Crippen molar-refractivity contribution >= 4 is 44.4 Å². The zero-order valence-corrected chi connectivity index (χ0v) is 17.0. The van der Waals surface area contributed by atoms with Crippen LogP contribution in [0.1, 0.15) is 11.1 Å². The maximum Gasteiger partial charge on any atom is 0.233 e. The number of thioether (sulfide) groups is 1. The number of hydrogen-bond donors (Lipinski definition) is 0. The fraction of sp³-hybridized carbons (Fsp3) is 0.136. The first-order valence-corrected chi connectivity index (χ1v) is 10.9. The molecule has 4 aromatic rings. The second kappa shape index (κ2) is 8.54. The molecule has 140 valence electrons. The second-order valence-corrected chi connectivity index (χ2v) is 8.22. The average molecular weight is 406 g/mol. The van der Waals surface area contributed by atoms with Crippen molar-refractivity contribution in [1.82, 2.24) is 9.97 Å². The zero-order chi connectivity index (χ0) is 19.3. The first-order valence-electron chi connectivity index (χ1n) is 8.91. The molecule has 4 rings (SSSR count). The van der Waals surface area contributed by atoms with E-state index >= 15 is 0 Å². The second-order valence-electron chi connectivity index (χ2n) is 6.33. The highest BCUT2D eigenvalue weighted by atomic mass is 32.2. The summed E-state index contributed by atoms with van der Waals surface area (Å²) >= 11 is 3.26. The molecule has 0 saturated carbocycles. The van der Waals surface area contributed by atoms with Gasteiger partial charge in [-0.1, -0.05) is 47.7 Å². The minimum atomic E-state index is 0.0270. The van der Waals surface area contributed by atoms with Gasteiger partial charge in [-0.25, -0.2) is 4.98 Å². The van der Waals surface area contributed by atoms with Crippen molar-refractivity contribution in [3.63, 3.8) is 0 Å². The summed E-state index contributed by atoms with van der Waals surface area (Å²) in [6, 6.07) is 19.9. The summed E-state index contributed by atoms with van der Waals surface area (Å²) in [4.78, 5) is 25.1. The van der Waals surface area contributed by atoms with Crippen molar-refractivity contribution in [1.29, 1.82) is 0 Å². The molecular formula is C22H19N3OS2. The molecule has 2 heterocycles. The van der Waals surface area contributed by atoms with E-state index in [9.17, 15) is 4.79 Å². The molecule has 2 aromatic carbocycles. The van der Waals surface area contributed by atoms with Crippen molar-refractivity contribution in [2.75, 3.05) is 11.2 Å². The number of anilines is 1. The Bertz CT molecular complexity index is 1080. The quantitative estimate of drug-likeness (QED) is 0.414. The van der Waals surface area contributed by atoms with Gasteiger partial charge in [0.25, 0.3) is 0 Å². The van der Waals surface area contributed by atoms with E-state index in [1.54, 1.807) is 40.4 Å². The van der Waals surface area contributed by atoms with Crippen LogP contribution in [-0.2, 0) is 17.8 Å². The molecule has 0 N–H and O–H groups in total. The monoisotopic (exact) mass is 405 g/mol. The molecule has 0 unspecified atom stereocenters. The summed E-state index contributed by atoms with van der Waals surface area (Å²) in [5, 5.41) is 0.720. The van der Waals surface area contributed by atoms with Gasteiger partial charge in [0, 0.05) is 17.3 Å². The summed E-state index contributed by atoms with van der Waals surface area (Å²) in [6.07, 6.45) is 5.93. The van der Waals surface area contributed by atoms with Crippen LogP contribution in [0.25, 0.3) is 10.2 Å². The maximum atomic E-state index is 13.2. The summed E-state index contributed by atoms with van der Waals surface area (Å²) in [5.74, 6) is 0.0270. The lowest BCUT2D eigenvalue weighted by molar-refractivity contribution is -0.118. The fourth-order valence-electron chi connectivity index (χ4n) is 2.94. The van der Waals surface area contributed by atoms with Crippen LogP contribution in [-0.4, -0.2) is 22.1 Å². The molecule has 0 aliphatic carbocycles. The molecule has 6 heteroatoms. The van der Waals surface area contributed by atoms with Crippen LogP contribution in [0.5, 0.6) is 0 Å². The predicted octanol–water partition coefficient (Wildman–Crippen LogP) is 5.19. The van der Waals surface area contributed by atoms with Crippen molar-refractivity contribution in [3.8, 4) is 0 Å². The van der Waals surface area contributed by atoms with Gasteiger partial charge in [-0.3, -0.25) is 14.7 Å². The lowest BCUT2D eigenvalue weighted by Crippen LogP contribution is -2.31. The Kier molecular flexibility index (Phi) is 5.69. The number of pyridine rings is 1. The average Bonchev–Trinajstić information content (AvgIpc) is 3.16. The molecule has 4 nitrogen and oxygen atoms in total. The number of aromatic nitrogens is 2. The third-order valence-corrected chi connectivity index (χ3v) is 6.14. The summed E-state index contributed by atoms with van der Waals surface area (Å²) < 4.78 is 1.09. The Labute approximate surface area is 172 Å². The molecule has 0 fully saturated rings. The van der Waals surface area contributed by atoms with Crippen LogP contribution in [0.15, 0.2) is 78.0 Å². The van der Waals surface area contributed by atoms with Gasteiger partial charge >= 0.3 is 0 Å². The molecule has 28 heavy (non-hydrogen) atoms. The van der Waals surface area contributed by atoms with Crippen molar-refractivity contribution in [2.24, 2.45) is 0 Å². The van der Waals surface area contributed by atoms with Gasteiger partial charge in [0.2, 0.25) is 5.91 Å². The molecule has 0 bridgehead atoms. The van der Waals surface area contributed by atoms with Crippen molar-refractivity contribution < 1.29 is 4.79 Å². The maximum absolute atomic E-state index is 13.2. The first-order chi connectivity index (χ1) is 13.7. The van der Waals surface area contributed by atoms with Crippen molar-refractivity contribution in [2.45, 2.75) is 17.9 Å². The lowest BCUT2D eigenvalue weighted by atomic mass is 10.1. The summed E-state index contributed by atoms with van der Waals surface area (Å²) in [5.41, 5.74) is 2.89. The Morgan fingerprint density at radius 2 is 1.89 bits per heavy atom. The van der Waals surface area contributed by atoms with Crippen molar-refractivity contribution in [3.05, 3.63) is 84.2 Å². The highest BCUT2D eigenvalue weighted by Gasteiger charge is 2.20. The minimum Gasteiger partial charge on any atom is -0.283 e. The molecule has 0 radical (unpaired) electrons. The summed E-state index contributed by atoms with van der Waals surface area (Å²) in [6.45, 7) is 0.453. The molecular weight excluding hydrogens is 386 g/mol. The first kappa shape index (κ1) is 18.7. The van der Waals surface area contributed by atoms with E-state index in [-0.39, 0.29) is 5.91 Å². The number of fused-ring (bicyclic) bond motifs is 1. The van der Waals surface area contributed by atoms with Crippen LogP contribution in [0.2, 0.25) is 0 Å². The number of carbonyl (C=O) groups excluding carboxylic acids is 1. The van der Waals surface area contributed by atoms with Gasteiger partial charge < -0.3 is 0 Å². The molecule has 1 amide bonds. The highest BCUT2D eigenvalue weighted by molar-refractivity contribution is 7.98. The van der Waals surface area contributed by atoms with Crippen LogP contribution < -0.4 is 4.90 Å². The van der Waals surface area contributed by atoms with E-state index in [1.165, 1.54) is 4.90 Å². The number of nitrogens with zero attached hydrogens (tertiary/aromatic N) is 3. The smallest absolute Gasteiger partial charge is 0.233 e. The van der Waals surface area contributed by atoms with Gasteiger partial charge in [0.05, 0.1) is 23.2 Å². The molecule has 0 aliphatic rings. The van der Waals surface area contributed by atoms with E-state index in [1.807, 2.05) is 48.5 Å². The third kappa shape index (κ3) is 4.24. The standard InChI is InChI=1S/C22H19N3OS2/c1-27-18-9-10-19-20(13-18)28-22(24-19)25(15-17-8-5-11-23-14-17)21(26)12-16-6-3-2-4-7-16/h2-11,13-14H,12,15H2,1H3. The van der Waals surface area contributed by atoms with Gasteiger partial charge in [-0.15, -0.1) is 11.8 Å². The Hall–Kier alpha value is -2.70. The Morgan fingerprint density at radius 1 is 1.07 bits per heavy atom. The fourth-order valence-corrected chi connectivity index (χ4v) is 4.47. The number of thiazole rings is 1. The van der Waals surface area contributed by atoms with Gasteiger partial charge in [-0.2, -0.15) is 0 Å². The van der Waals surface area contributed by atoms with Gasteiger partial charge in [0.1, 0.15) is 0 Å². The molecule has 0 aliphatic heterocycles. The normalized spacial score (nSPS) is 10.9. The van der Waals surface area contributed by atoms with Crippen LogP contribution in [0.3, 0.4) is 0 Å². The zero-order valence-electron chi connectivity index (χ0n) is 15.4. The number of amides is 1. The van der Waals surface area contributed by atoms with E-state index in [0.29, 0.717) is 13.0 Å². The summed E-state index contributed by atoms with van der Waals surface area (Å²) in [7, 11) is 0. The van der Waals surface area contributed by atoms with Crippen LogP contribution in [0.4, 0.5) is 5.13 Å². The number of carbonyl (C=O) groups is 1. The largest absolute Gasteiger partial charge is 0.283 e. The van der Waals surface area contributed by atoms with E-state index in [4.69, 9.17) is 4.98 Å². The Balaban J connectivity index is 1.68. The Morgan fingerprint density at radius 3 is 2.64 bits per heavy atom. The minimum absolute atomic E-state index is 0.0270. The predicted molar refractivity (Wildman–Crippen MR) is 117 cm³/mol. The van der Waals surface area contributed by atoms with E-state index in [0.717, 1.165) is 26.5 Å². The number of rotatable bonds is 6. The number of hydrogen-bond acceptors (Lipinski definition) is 5. The lowest BCUT2D eigenvalue weighted by Gasteiger charge is -2.20. The SMILES string of the molecule is CSc1ccc2nc(N(Cc3cccnc3)C(=O)Cc3ccccc3)sc2c1. The third-order valence-electron chi connectivity index (χ3n) is 4.38. The van der Waals surface area contributed by atoms with E-state index in [2.05, 4.69) is 23.4 Å².